The Labute approximate surface area is 64.8 Å². The maximum Gasteiger partial charge on any atom is 0.0497 e. The Kier molecular flexibility index (Phi) is 2.03. The molecule has 1 aromatic carbocycles. The van der Waals surface area contributed by atoms with Crippen molar-refractivity contribution in [1.29, 1.82) is 0 Å². The highest BCUT2D eigenvalue weighted by atomic mass is 32.1. The predicted molar refractivity (Wildman–Crippen MR) is 45.9 cm³/mol. The highest BCUT2D eigenvalue weighted by Gasteiger charge is 1.93. The monoisotopic (exact) mass is 155 g/mol. The highest BCUT2D eigenvalue weighted by molar-refractivity contribution is 7.80. The number of nitrogens with two attached hydrogens (primary N) is 2. The van der Waals surface area contributed by atoms with E-state index in [2.05, 4.69) is 18.1 Å². The lowest BCUT2D eigenvalue weighted by Crippen LogP contribution is -2.06. The molecule has 1 aromatic rings. The molecule has 0 fully saturated rings. The largest absolute Gasteiger partial charge is 0.398 e. The summed E-state index contributed by atoms with van der Waals surface area (Å²) in [5, 5.41) is 0. The summed E-state index contributed by atoms with van der Waals surface area (Å²) in [4.78, 5) is 0.732. The van der Waals surface area contributed by atoms with Crippen molar-refractivity contribution in [2.45, 2.75) is 4.90 Å². The molecule has 0 amide bonds. The zero-order valence-electron chi connectivity index (χ0n) is 5.33. The third kappa shape index (κ3) is 1.34. The molecule has 0 heterocycles. The number of hydrogen-bond donors (Lipinski definition) is 4. The van der Waals surface area contributed by atoms with Gasteiger partial charge in [0.05, 0.1) is 0 Å². The third-order valence-electron chi connectivity index (χ3n) is 1.20. The van der Waals surface area contributed by atoms with Gasteiger partial charge < -0.3 is 11.2 Å². The molecule has 0 aliphatic rings. The van der Waals surface area contributed by atoms with Gasteiger partial charge in [-0.2, -0.15) is 0 Å². The molecule has 0 saturated heterocycles. The molecule has 5 N–H and O–H groups in total. The lowest BCUT2D eigenvalue weighted by Gasteiger charge is -2.01. The van der Waals surface area contributed by atoms with Gasteiger partial charge >= 0.3 is 0 Å². The normalized spacial score (nSPS) is 9.40. The molecular weight excluding hydrogens is 146 g/mol. The average Bonchev–Trinajstić information content (AvgIpc) is 1.95. The molecular formula is C6H9N3S. The molecule has 3 nitrogen and oxygen atoms in total. The van der Waals surface area contributed by atoms with Gasteiger partial charge in [-0.05, 0) is 18.2 Å². The van der Waals surface area contributed by atoms with E-state index in [9.17, 15) is 0 Å². The lowest BCUT2D eigenvalue weighted by molar-refractivity contribution is 1.33. The van der Waals surface area contributed by atoms with Gasteiger partial charge in [0.1, 0.15) is 0 Å². The predicted octanol–water partition coefficient (Wildman–Crippen LogP) is 0.843. The summed E-state index contributed by atoms with van der Waals surface area (Å²) < 4.78 is 0. The summed E-state index contributed by atoms with van der Waals surface area (Å²) in [7, 11) is 0. The van der Waals surface area contributed by atoms with Gasteiger partial charge in [-0.3, -0.25) is 5.84 Å². The number of nitrogen functional groups attached to an aromatic ring is 2. The van der Waals surface area contributed by atoms with E-state index in [0.717, 1.165) is 10.6 Å². The first-order chi connectivity index (χ1) is 4.74. The molecule has 0 bridgehead atoms. The number of anilines is 2. The average molecular weight is 155 g/mol. The Balaban J connectivity index is 3.04. The minimum absolute atomic E-state index is 0.655. The molecule has 0 aromatic heterocycles. The fourth-order valence-electron chi connectivity index (χ4n) is 0.633. The molecule has 0 unspecified atom stereocenters. The van der Waals surface area contributed by atoms with Crippen LogP contribution in [-0.2, 0) is 0 Å². The number of nitrogens with one attached hydrogen (secondary N) is 1. The van der Waals surface area contributed by atoms with Crippen LogP contribution in [0.15, 0.2) is 23.1 Å². The highest BCUT2D eigenvalue weighted by Crippen LogP contribution is 2.19. The van der Waals surface area contributed by atoms with Crippen molar-refractivity contribution in [2.75, 3.05) is 11.2 Å². The summed E-state index contributed by atoms with van der Waals surface area (Å²) >= 11 is 4.10. The summed E-state index contributed by atoms with van der Waals surface area (Å²) in [5.74, 6) is 5.14. The molecule has 0 spiro atoms. The van der Waals surface area contributed by atoms with E-state index < -0.39 is 0 Å². The maximum atomic E-state index is 5.50. The van der Waals surface area contributed by atoms with Crippen LogP contribution >= 0.6 is 12.6 Å². The van der Waals surface area contributed by atoms with Crippen molar-refractivity contribution in [3.05, 3.63) is 18.2 Å². The second-order valence-electron chi connectivity index (χ2n) is 1.92. The van der Waals surface area contributed by atoms with Gasteiger partial charge in [0.25, 0.3) is 0 Å². The van der Waals surface area contributed by atoms with Crippen LogP contribution < -0.4 is 17.0 Å². The Bertz CT molecular complexity index is 236. The van der Waals surface area contributed by atoms with E-state index in [-0.39, 0.29) is 0 Å². The van der Waals surface area contributed by atoms with Crippen LogP contribution in [0.25, 0.3) is 0 Å². The van der Waals surface area contributed by atoms with Crippen molar-refractivity contribution in [3.8, 4) is 0 Å². The van der Waals surface area contributed by atoms with E-state index in [0.29, 0.717) is 5.69 Å². The summed E-state index contributed by atoms with van der Waals surface area (Å²) in [6, 6.07) is 5.30. The number of benzene rings is 1. The van der Waals surface area contributed by atoms with Crippen molar-refractivity contribution in [3.63, 3.8) is 0 Å². The van der Waals surface area contributed by atoms with E-state index in [1.165, 1.54) is 0 Å². The summed E-state index contributed by atoms with van der Waals surface area (Å²) in [6.07, 6.45) is 0. The quantitative estimate of drug-likeness (QED) is 0.210. The van der Waals surface area contributed by atoms with Crippen LogP contribution in [0, 0.1) is 0 Å². The fourth-order valence-corrected chi connectivity index (χ4v) is 0.847. The Morgan fingerprint density at radius 1 is 1.40 bits per heavy atom. The van der Waals surface area contributed by atoms with E-state index >= 15 is 0 Å². The Morgan fingerprint density at radius 2 is 2.10 bits per heavy atom. The summed E-state index contributed by atoms with van der Waals surface area (Å²) in [6.45, 7) is 0. The van der Waals surface area contributed by atoms with Crippen molar-refractivity contribution in [2.24, 2.45) is 5.84 Å². The zero-order chi connectivity index (χ0) is 7.56. The molecule has 54 valence electrons. The molecule has 1 rings (SSSR count). The van der Waals surface area contributed by atoms with E-state index in [4.69, 9.17) is 11.6 Å². The van der Waals surface area contributed by atoms with Crippen molar-refractivity contribution in [1.82, 2.24) is 0 Å². The topological polar surface area (TPSA) is 64.1 Å². The first-order valence-corrected chi connectivity index (χ1v) is 3.24. The minimum Gasteiger partial charge on any atom is -0.398 e. The smallest absolute Gasteiger partial charge is 0.0497 e. The second kappa shape index (κ2) is 2.81. The molecule has 4 heteroatoms. The number of hydrazine groups is 1. The van der Waals surface area contributed by atoms with E-state index in [1.54, 1.807) is 18.2 Å². The SMILES string of the molecule is NNc1ccc(N)c(S)c1. The maximum absolute atomic E-state index is 5.50. The number of rotatable bonds is 1. The van der Waals surface area contributed by atoms with Crippen molar-refractivity contribution >= 4 is 24.0 Å². The first kappa shape index (κ1) is 7.24. The van der Waals surface area contributed by atoms with Crippen molar-refractivity contribution < 1.29 is 0 Å². The van der Waals surface area contributed by atoms with Gasteiger partial charge in [0.2, 0.25) is 0 Å². The fraction of sp³-hybridized carbons (Fsp3) is 0. The van der Waals surface area contributed by atoms with Crippen LogP contribution in [0.3, 0.4) is 0 Å². The van der Waals surface area contributed by atoms with Gasteiger partial charge in [0, 0.05) is 16.3 Å². The Hall–Kier alpha value is -0.870. The molecule has 0 aliphatic heterocycles. The van der Waals surface area contributed by atoms with Gasteiger partial charge in [-0.15, -0.1) is 12.6 Å². The van der Waals surface area contributed by atoms with Gasteiger partial charge in [-0.1, -0.05) is 0 Å². The number of hydrogen-bond acceptors (Lipinski definition) is 4. The minimum atomic E-state index is 0.655. The standard InChI is InChI=1S/C6H9N3S/c7-5-2-1-4(9-8)3-6(5)10/h1-3,9-10H,7-8H2. The Morgan fingerprint density at radius 3 is 2.60 bits per heavy atom. The molecule has 0 atom stereocenters. The number of thiol groups is 1. The third-order valence-corrected chi connectivity index (χ3v) is 1.58. The van der Waals surface area contributed by atoms with Crippen LogP contribution in [0.2, 0.25) is 0 Å². The first-order valence-electron chi connectivity index (χ1n) is 2.79. The molecule has 0 radical (unpaired) electrons. The summed E-state index contributed by atoms with van der Waals surface area (Å²) in [5.41, 5.74) is 9.45. The molecule has 0 saturated carbocycles. The molecule has 10 heavy (non-hydrogen) atoms. The second-order valence-corrected chi connectivity index (χ2v) is 2.40. The van der Waals surface area contributed by atoms with Crippen LogP contribution in [-0.4, -0.2) is 0 Å². The van der Waals surface area contributed by atoms with Crippen LogP contribution in [0.5, 0.6) is 0 Å². The molecule has 0 aliphatic carbocycles. The van der Waals surface area contributed by atoms with Gasteiger partial charge in [-0.25, -0.2) is 0 Å². The van der Waals surface area contributed by atoms with E-state index in [1.807, 2.05) is 0 Å². The zero-order valence-corrected chi connectivity index (χ0v) is 6.23. The van der Waals surface area contributed by atoms with Crippen LogP contribution in [0.4, 0.5) is 11.4 Å². The van der Waals surface area contributed by atoms with Gasteiger partial charge in [0.15, 0.2) is 0 Å². The van der Waals surface area contributed by atoms with Crippen LogP contribution in [0.1, 0.15) is 0 Å². The lowest BCUT2D eigenvalue weighted by atomic mass is 10.3.